The summed E-state index contributed by atoms with van der Waals surface area (Å²) in [6.45, 7) is 0.0293. The van der Waals surface area contributed by atoms with Gasteiger partial charge in [0.2, 0.25) is 0 Å². The predicted molar refractivity (Wildman–Crippen MR) is 63.7 cm³/mol. The Labute approximate surface area is 112 Å². The van der Waals surface area contributed by atoms with E-state index in [0.717, 1.165) is 0 Å². The second kappa shape index (κ2) is 5.61. The SMILES string of the molecule is O=C(O)c1nccnc1N1CCN(CC(F)(F)F)CC1. The molecule has 0 aliphatic carbocycles. The molecule has 0 aromatic carbocycles. The van der Waals surface area contributed by atoms with Crippen molar-refractivity contribution in [2.45, 2.75) is 6.18 Å². The lowest BCUT2D eigenvalue weighted by Gasteiger charge is -2.35. The molecule has 0 spiro atoms. The van der Waals surface area contributed by atoms with Gasteiger partial charge in [0.15, 0.2) is 11.5 Å². The summed E-state index contributed by atoms with van der Waals surface area (Å²) in [7, 11) is 0. The largest absolute Gasteiger partial charge is 0.476 e. The third-order valence-corrected chi connectivity index (χ3v) is 2.96. The molecule has 1 fully saturated rings. The Morgan fingerprint density at radius 3 is 2.35 bits per heavy atom. The van der Waals surface area contributed by atoms with Crippen molar-refractivity contribution in [3.63, 3.8) is 0 Å². The number of aromatic carboxylic acids is 1. The van der Waals surface area contributed by atoms with E-state index in [-0.39, 0.29) is 37.7 Å². The number of alkyl halides is 3. The van der Waals surface area contributed by atoms with Crippen LogP contribution in [0.5, 0.6) is 0 Å². The maximum Gasteiger partial charge on any atom is 0.401 e. The molecule has 1 saturated heterocycles. The quantitative estimate of drug-likeness (QED) is 0.890. The number of rotatable bonds is 3. The first kappa shape index (κ1) is 14.5. The van der Waals surface area contributed by atoms with E-state index in [0.29, 0.717) is 0 Å². The molecule has 0 amide bonds. The third kappa shape index (κ3) is 3.56. The lowest BCUT2D eigenvalue weighted by atomic mass is 10.3. The van der Waals surface area contributed by atoms with E-state index in [1.54, 1.807) is 4.90 Å². The average molecular weight is 290 g/mol. The highest BCUT2D eigenvalue weighted by Gasteiger charge is 2.32. The van der Waals surface area contributed by atoms with Crippen LogP contribution in [0.1, 0.15) is 10.5 Å². The summed E-state index contributed by atoms with van der Waals surface area (Å²) < 4.78 is 36.8. The second-order valence-corrected chi connectivity index (χ2v) is 4.41. The zero-order valence-electron chi connectivity index (χ0n) is 10.5. The fraction of sp³-hybridized carbons (Fsp3) is 0.545. The minimum atomic E-state index is -4.22. The van der Waals surface area contributed by atoms with Gasteiger partial charge < -0.3 is 10.0 Å². The van der Waals surface area contributed by atoms with Crippen molar-refractivity contribution in [3.8, 4) is 0 Å². The minimum absolute atomic E-state index is 0.184. The summed E-state index contributed by atoms with van der Waals surface area (Å²) in [5.41, 5.74) is -0.184. The zero-order chi connectivity index (χ0) is 14.8. The molecule has 0 atom stereocenters. The maximum atomic E-state index is 12.3. The lowest BCUT2D eigenvalue weighted by Crippen LogP contribution is -2.49. The van der Waals surface area contributed by atoms with E-state index in [9.17, 15) is 18.0 Å². The number of anilines is 1. The van der Waals surface area contributed by atoms with Crippen molar-refractivity contribution in [1.82, 2.24) is 14.9 Å². The Hall–Kier alpha value is -1.90. The van der Waals surface area contributed by atoms with E-state index < -0.39 is 18.7 Å². The van der Waals surface area contributed by atoms with Gasteiger partial charge in [-0.1, -0.05) is 0 Å². The average Bonchev–Trinajstić information content (AvgIpc) is 2.38. The van der Waals surface area contributed by atoms with Gasteiger partial charge in [-0.25, -0.2) is 14.8 Å². The molecule has 1 N–H and O–H groups in total. The van der Waals surface area contributed by atoms with Gasteiger partial charge in [0.25, 0.3) is 0 Å². The van der Waals surface area contributed by atoms with Crippen molar-refractivity contribution >= 4 is 11.8 Å². The van der Waals surface area contributed by atoms with E-state index in [1.807, 2.05) is 0 Å². The van der Waals surface area contributed by atoms with Gasteiger partial charge in [0.05, 0.1) is 6.54 Å². The molecule has 0 radical (unpaired) electrons. The first-order valence-electron chi connectivity index (χ1n) is 5.95. The molecule has 2 heterocycles. The van der Waals surface area contributed by atoms with Crippen LogP contribution in [-0.2, 0) is 0 Å². The molecule has 1 aliphatic heterocycles. The summed E-state index contributed by atoms with van der Waals surface area (Å²) in [6.07, 6.45) is -1.59. The first-order valence-corrected chi connectivity index (χ1v) is 5.95. The summed E-state index contributed by atoms with van der Waals surface area (Å²) in [6, 6.07) is 0. The zero-order valence-corrected chi connectivity index (χ0v) is 10.5. The number of aromatic nitrogens is 2. The van der Waals surface area contributed by atoms with Gasteiger partial charge in [0.1, 0.15) is 0 Å². The summed E-state index contributed by atoms with van der Waals surface area (Å²) in [5, 5.41) is 9.01. The van der Waals surface area contributed by atoms with Crippen molar-refractivity contribution in [2.24, 2.45) is 0 Å². The van der Waals surface area contributed by atoms with Crippen LogP contribution < -0.4 is 4.90 Å². The molecule has 1 aromatic rings. The molecule has 6 nitrogen and oxygen atoms in total. The molecule has 9 heteroatoms. The Bertz CT molecular complexity index is 487. The summed E-state index contributed by atoms with van der Waals surface area (Å²) in [4.78, 5) is 21.7. The van der Waals surface area contributed by atoms with Crippen molar-refractivity contribution in [2.75, 3.05) is 37.6 Å². The van der Waals surface area contributed by atoms with Crippen LogP contribution in [0.4, 0.5) is 19.0 Å². The van der Waals surface area contributed by atoms with Crippen LogP contribution in [0.2, 0.25) is 0 Å². The number of piperazine rings is 1. The molecule has 0 saturated carbocycles. The highest BCUT2D eigenvalue weighted by Crippen LogP contribution is 2.20. The van der Waals surface area contributed by atoms with Crippen molar-refractivity contribution in [1.29, 1.82) is 0 Å². The Kier molecular flexibility index (Phi) is 4.07. The van der Waals surface area contributed by atoms with E-state index >= 15 is 0 Å². The lowest BCUT2D eigenvalue weighted by molar-refractivity contribution is -0.146. The third-order valence-electron chi connectivity index (χ3n) is 2.96. The van der Waals surface area contributed by atoms with Crippen LogP contribution in [-0.4, -0.2) is 64.8 Å². The summed E-state index contributed by atoms with van der Waals surface area (Å²) >= 11 is 0. The van der Waals surface area contributed by atoms with Gasteiger partial charge in [-0.15, -0.1) is 0 Å². The topological polar surface area (TPSA) is 69.6 Å². The first-order chi connectivity index (χ1) is 9.37. The number of carbonyl (C=O) groups is 1. The van der Waals surface area contributed by atoms with Crippen molar-refractivity contribution in [3.05, 3.63) is 18.1 Å². The maximum absolute atomic E-state index is 12.3. The number of halogens is 3. The highest BCUT2D eigenvalue weighted by atomic mass is 19.4. The normalized spacial score (nSPS) is 17.2. The van der Waals surface area contributed by atoms with E-state index in [1.165, 1.54) is 17.3 Å². The van der Waals surface area contributed by atoms with Gasteiger partial charge in [-0.05, 0) is 0 Å². The molecule has 20 heavy (non-hydrogen) atoms. The number of carboxylic acids is 1. The van der Waals surface area contributed by atoms with Crippen LogP contribution in [0, 0.1) is 0 Å². The number of hydrogen-bond acceptors (Lipinski definition) is 5. The van der Waals surface area contributed by atoms with Gasteiger partial charge in [-0.3, -0.25) is 4.90 Å². The van der Waals surface area contributed by atoms with E-state index in [2.05, 4.69) is 9.97 Å². The molecule has 0 bridgehead atoms. The summed E-state index contributed by atoms with van der Waals surface area (Å²) in [5.74, 6) is -1.00. The molecule has 110 valence electrons. The number of nitrogens with zero attached hydrogens (tertiary/aromatic N) is 4. The fourth-order valence-corrected chi connectivity index (χ4v) is 2.08. The monoisotopic (exact) mass is 290 g/mol. The van der Waals surface area contributed by atoms with Crippen LogP contribution in [0.15, 0.2) is 12.4 Å². The number of carboxylic acid groups (broad SMARTS) is 1. The molecule has 1 aromatic heterocycles. The van der Waals surface area contributed by atoms with Crippen LogP contribution in [0.25, 0.3) is 0 Å². The molecule has 1 aliphatic rings. The van der Waals surface area contributed by atoms with Crippen LogP contribution >= 0.6 is 0 Å². The van der Waals surface area contributed by atoms with Crippen molar-refractivity contribution < 1.29 is 23.1 Å². The van der Waals surface area contributed by atoms with Gasteiger partial charge in [0, 0.05) is 38.6 Å². The molecular weight excluding hydrogens is 277 g/mol. The smallest absolute Gasteiger partial charge is 0.401 e. The standard InChI is InChI=1S/C11H13F3N4O2/c12-11(13,14)7-17-3-5-18(6-4-17)9-8(10(19)20)15-1-2-16-9/h1-2H,3-7H2,(H,19,20). The Morgan fingerprint density at radius 2 is 1.80 bits per heavy atom. The van der Waals surface area contributed by atoms with Gasteiger partial charge >= 0.3 is 12.1 Å². The molecular formula is C11H13F3N4O2. The highest BCUT2D eigenvalue weighted by molar-refractivity contribution is 5.90. The fourth-order valence-electron chi connectivity index (χ4n) is 2.08. The molecule has 0 unspecified atom stereocenters. The number of hydrogen-bond donors (Lipinski definition) is 1. The second-order valence-electron chi connectivity index (χ2n) is 4.41. The van der Waals surface area contributed by atoms with E-state index in [4.69, 9.17) is 5.11 Å². The Morgan fingerprint density at radius 1 is 1.20 bits per heavy atom. The minimum Gasteiger partial charge on any atom is -0.476 e. The predicted octanol–water partition coefficient (Wildman–Crippen LogP) is 0.859. The van der Waals surface area contributed by atoms with Crippen LogP contribution in [0.3, 0.4) is 0 Å². The molecule has 2 rings (SSSR count). The Balaban J connectivity index is 2.03. The van der Waals surface area contributed by atoms with Gasteiger partial charge in [-0.2, -0.15) is 13.2 Å².